The minimum Gasteiger partial charge on any atom is -0.342 e. The summed E-state index contributed by atoms with van der Waals surface area (Å²) in [5, 5.41) is -0.0349. The van der Waals surface area contributed by atoms with E-state index in [4.69, 9.17) is 0 Å². The predicted octanol–water partition coefficient (Wildman–Crippen LogP) is -0.135. The molecule has 1 aromatic heterocycles. The molecule has 0 fully saturated rings. The first-order chi connectivity index (χ1) is 8.40. The molecule has 0 saturated heterocycles. The van der Waals surface area contributed by atoms with Crippen molar-refractivity contribution in [2.45, 2.75) is 25.8 Å². The van der Waals surface area contributed by atoms with Gasteiger partial charge in [0, 0.05) is 13.1 Å². The Labute approximate surface area is 107 Å². The van der Waals surface area contributed by atoms with Crippen molar-refractivity contribution in [3.8, 4) is 0 Å². The van der Waals surface area contributed by atoms with Crippen LogP contribution < -0.4 is 4.72 Å². The second-order valence-corrected chi connectivity index (χ2v) is 5.46. The van der Waals surface area contributed by atoms with Crippen LogP contribution in [0.25, 0.3) is 0 Å². The van der Waals surface area contributed by atoms with Crippen molar-refractivity contribution in [3.63, 3.8) is 0 Å². The van der Waals surface area contributed by atoms with Gasteiger partial charge in [-0.25, -0.2) is 18.1 Å². The zero-order chi connectivity index (χ0) is 13.8. The molecule has 8 heteroatoms. The van der Waals surface area contributed by atoms with Crippen molar-refractivity contribution in [2.75, 3.05) is 19.6 Å². The van der Waals surface area contributed by atoms with Crippen molar-refractivity contribution in [1.29, 1.82) is 0 Å². The van der Waals surface area contributed by atoms with Gasteiger partial charge < -0.3 is 9.88 Å². The van der Waals surface area contributed by atoms with Gasteiger partial charge in [-0.1, -0.05) is 0 Å². The van der Waals surface area contributed by atoms with Gasteiger partial charge in [-0.3, -0.25) is 4.79 Å². The predicted molar refractivity (Wildman–Crippen MR) is 66.4 cm³/mol. The lowest BCUT2D eigenvalue weighted by Gasteiger charge is -2.18. The number of carbonyl (C=O) groups excluding carboxylic acids is 1. The largest absolute Gasteiger partial charge is 0.342 e. The molecule has 0 unspecified atom stereocenters. The molecule has 1 heterocycles. The van der Waals surface area contributed by atoms with Crippen LogP contribution in [0.2, 0.25) is 0 Å². The highest BCUT2D eigenvalue weighted by molar-refractivity contribution is 7.89. The van der Waals surface area contributed by atoms with E-state index in [-0.39, 0.29) is 17.5 Å². The summed E-state index contributed by atoms with van der Waals surface area (Å²) < 4.78 is 25.8. The molecule has 1 rings (SSSR count). The van der Waals surface area contributed by atoms with Crippen LogP contribution in [-0.2, 0) is 14.8 Å². The van der Waals surface area contributed by atoms with E-state index in [1.54, 1.807) is 11.8 Å². The third-order valence-electron chi connectivity index (χ3n) is 2.50. The molecular formula is C10H18N4O3S. The van der Waals surface area contributed by atoms with Gasteiger partial charge in [-0.2, -0.15) is 0 Å². The maximum atomic E-state index is 11.8. The Bertz CT molecular complexity index is 505. The van der Waals surface area contributed by atoms with Crippen LogP contribution in [0.15, 0.2) is 11.2 Å². The number of aromatic nitrogens is 2. The molecule has 0 aromatic carbocycles. The Morgan fingerprint density at radius 1 is 1.44 bits per heavy atom. The Morgan fingerprint density at radius 2 is 2.06 bits per heavy atom. The molecule has 1 amide bonds. The van der Waals surface area contributed by atoms with Crippen molar-refractivity contribution < 1.29 is 13.2 Å². The maximum Gasteiger partial charge on any atom is 0.258 e. The van der Waals surface area contributed by atoms with Gasteiger partial charge in [0.1, 0.15) is 5.82 Å². The lowest BCUT2D eigenvalue weighted by Crippen LogP contribution is -2.40. The fraction of sp³-hybridized carbons (Fsp3) is 0.600. The van der Waals surface area contributed by atoms with E-state index in [0.717, 1.165) is 0 Å². The number of aryl methyl sites for hydroxylation is 1. The Kier molecular flexibility index (Phi) is 4.85. The summed E-state index contributed by atoms with van der Waals surface area (Å²) in [6.45, 7) is 6.20. The van der Waals surface area contributed by atoms with E-state index >= 15 is 0 Å². The van der Waals surface area contributed by atoms with Crippen LogP contribution >= 0.6 is 0 Å². The number of sulfonamides is 1. The lowest BCUT2D eigenvalue weighted by molar-refractivity contribution is -0.129. The van der Waals surface area contributed by atoms with E-state index in [9.17, 15) is 13.2 Å². The minimum atomic E-state index is -3.70. The molecule has 0 bridgehead atoms. The molecule has 0 spiro atoms. The van der Waals surface area contributed by atoms with Gasteiger partial charge in [-0.05, 0) is 20.8 Å². The molecule has 102 valence electrons. The van der Waals surface area contributed by atoms with E-state index in [1.807, 2.05) is 13.8 Å². The van der Waals surface area contributed by atoms with Crippen molar-refractivity contribution in [1.82, 2.24) is 19.6 Å². The summed E-state index contributed by atoms with van der Waals surface area (Å²) in [5.41, 5.74) is 0. The van der Waals surface area contributed by atoms with E-state index < -0.39 is 10.0 Å². The van der Waals surface area contributed by atoms with Gasteiger partial charge in [0.25, 0.3) is 10.0 Å². The SMILES string of the molecule is CCN(CC)C(=O)CNS(=O)(=O)c1cnc(C)[nH]1. The Balaban J connectivity index is 2.66. The van der Waals surface area contributed by atoms with Crippen LogP contribution in [0.5, 0.6) is 0 Å². The number of nitrogens with zero attached hydrogens (tertiary/aromatic N) is 2. The first-order valence-corrected chi connectivity index (χ1v) is 7.18. The number of aromatic amines is 1. The topological polar surface area (TPSA) is 95.2 Å². The van der Waals surface area contributed by atoms with E-state index in [1.165, 1.54) is 6.20 Å². The van der Waals surface area contributed by atoms with Crippen molar-refractivity contribution >= 4 is 15.9 Å². The normalized spacial score (nSPS) is 11.5. The zero-order valence-electron chi connectivity index (χ0n) is 10.7. The first kappa shape index (κ1) is 14.7. The highest BCUT2D eigenvalue weighted by Gasteiger charge is 2.19. The van der Waals surface area contributed by atoms with E-state index in [0.29, 0.717) is 18.9 Å². The summed E-state index contributed by atoms with van der Waals surface area (Å²) in [6.07, 6.45) is 1.22. The monoisotopic (exact) mass is 274 g/mol. The number of carbonyl (C=O) groups is 1. The second kappa shape index (κ2) is 5.96. The first-order valence-electron chi connectivity index (χ1n) is 5.69. The minimum absolute atomic E-state index is 0.0349. The molecular weight excluding hydrogens is 256 g/mol. The average Bonchev–Trinajstić information content (AvgIpc) is 2.76. The molecule has 0 aliphatic carbocycles. The fourth-order valence-electron chi connectivity index (χ4n) is 1.46. The van der Waals surface area contributed by atoms with Crippen molar-refractivity contribution in [2.24, 2.45) is 0 Å². The smallest absolute Gasteiger partial charge is 0.258 e. The number of amides is 1. The van der Waals surface area contributed by atoms with Crippen molar-refractivity contribution in [3.05, 3.63) is 12.0 Å². The molecule has 2 N–H and O–H groups in total. The van der Waals surface area contributed by atoms with Crippen LogP contribution in [0.1, 0.15) is 19.7 Å². The Hall–Kier alpha value is -1.41. The summed E-state index contributed by atoms with van der Waals surface area (Å²) in [6, 6.07) is 0. The molecule has 7 nitrogen and oxygen atoms in total. The summed E-state index contributed by atoms with van der Waals surface area (Å²) in [4.78, 5) is 19.6. The van der Waals surface area contributed by atoms with Gasteiger partial charge in [0.2, 0.25) is 5.91 Å². The number of imidazole rings is 1. The van der Waals surface area contributed by atoms with Gasteiger partial charge >= 0.3 is 0 Å². The molecule has 0 atom stereocenters. The number of likely N-dealkylation sites (N-methyl/N-ethyl adjacent to an activating group) is 1. The van der Waals surface area contributed by atoms with Gasteiger partial charge in [0.05, 0.1) is 12.7 Å². The summed E-state index contributed by atoms with van der Waals surface area (Å²) in [5.74, 6) is 0.255. The van der Waals surface area contributed by atoms with Crippen LogP contribution in [0, 0.1) is 6.92 Å². The molecule has 0 aliphatic heterocycles. The lowest BCUT2D eigenvalue weighted by atomic mass is 10.4. The van der Waals surface area contributed by atoms with E-state index in [2.05, 4.69) is 14.7 Å². The van der Waals surface area contributed by atoms with Crippen LogP contribution in [0.4, 0.5) is 0 Å². The highest BCUT2D eigenvalue weighted by Crippen LogP contribution is 2.04. The molecule has 0 saturated carbocycles. The summed E-state index contributed by atoms with van der Waals surface area (Å²) in [7, 11) is -3.70. The van der Waals surface area contributed by atoms with Crippen LogP contribution in [0.3, 0.4) is 0 Å². The Morgan fingerprint density at radius 3 is 2.50 bits per heavy atom. The number of H-pyrrole nitrogens is 1. The quantitative estimate of drug-likeness (QED) is 0.755. The van der Waals surface area contributed by atoms with Gasteiger partial charge in [0.15, 0.2) is 5.03 Å². The van der Waals surface area contributed by atoms with Crippen LogP contribution in [-0.4, -0.2) is 48.8 Å². The number of hydrogen-bond acceptors (Lipinski definition) is 4. The maximum absolute atomic E-state index is 11.8. The third-order valence-corrected chi connectivity index (χ3v) is 3.81. The zero-order valence-corrected chi connectivity index (χ0v) is 11.5. The molecule has 1 aromatic rings. The number of nitrogens with one attached hydrogen (secondary N) is 2. The fourth-order valence-corrected chi connectivity index (χ4v) is 2.40. The third kappa shape index (κ3) is 3.54. The highest BCUT2D eigenvalue weighted by atomic mass is 32.2. The molecule has 18 heavy (non-hydrogen) atoms. The average molecular weight is 274 g/mol. The molecule has 0 aliphatic rings. The van der Waals surface area contributed by atoms with Gasteiger partial charge in [-0.15, -0.1) is 0 Å². The number of hydrogen-bond donors (Lipinski definition) is 2. The second-order valence-electron chi connectivity index (χ2n) is 3.72. The standard InChI is InChI=1S/C10H18N4O3S/c1-4-14(5-2)10(15)7-12-18(16,17)9-6-11-8(3)13-9/h6,12H,4-5,7H2,1-3H3,(H,11,13). The number of rotatable bonds is 6. The molecule has 0 radical (unpaired) electrons. The summed E-state index contributed by atoms with van der Waals surface area (Å²) >= 11 is 0.